The molecule has 1 saturated heterocycles. The summed E-state index contributed by atoms with van der Waals surface area (Å²) in [6.07, 6.45) is -4.22. The number of oxazole rings is 1. The predicted molar refractivity (Wildman–Crippen MR) is 94.5 cm³/mol. The summed E-state index contributed by atoms with van der Waals surface area (Å²) in [5.74, 6) is -1.08. The fraction of sp³-hybridized carbons (Fsp3) is 0.375. The van der Waals surface area contributed by atoms with E-state index in [9.17, 15) is 31.5 Å². The summed E-state index contributed by atoms with van der Waals surface area (Å²) in [5, 5.41) is 12.0. The number of amides is 1. The van der Waals surface area contributed by atoms with E-state index in [2.05, 4.69) is 10.3 Å². The first-order valence-corrected chi connectivity index (χ1v) is 9.80. The minimum Gasteiger partial charge on any atom is -0.431 e. The van der Waals surface area contributed by atoms with Gasteiger partial charge in [0.2, 0.25) is 0 Å². The average molecular weight is 434 g/mol. The van der Waals surface area contributed by atoms with Crippen LogP contribution in [0, 0.1) is 6.92 Å². The van der Waals surface area contributed by atoms with Crippen LogP contribution in [-0.4, -0.2) is 47.9 Å². The number of halogens is 3. The van der Waals surface area contributed by atoms with Crippen LogP contribution in [0.3, 0.4) is 0 Å². The van der Waals surface area contributed by atoms with Crippen molar-refractivity contribution in [3.8, 4) is 0 Å². The molecule has 1 fully saturated rings. The number of aromatic nitrogens is 1. The normalized spacial score (nSPS) is 18.0. The number of rotatable bonds is 5. The molecule has 0 spiro atoms. The topological polar surface area (TPSA) is 125 Å². The lowest BCUT2D eigenvalue weighted by Gasteiger charge is -2.15. The van der Waals surface area contributed by atoms with Gasteiger partial charge in [0.1, 0.15) is 6.26 Å². The number of carbonyl (C=O) groups excluding carboxylic acids is 1. The van der Waals surface area contributed by atoms with Gasteiger partial charge in [-0.2, -0.15) is 30.9 Å². The molecule has 9 nitrogen and oxygen atoms in total. The molecule has 1 aromatic carbocycles. The molecule has 158 valence electrons. The highest BCUT2D eigenvalue weighted by Crippen LogP contribution is 2.32. The van der Waals surface area contributed by atoms with E-state index in [-0.39, 0.29) is 36.9 Å². The number of hydrogen-bond acceptors (Lipinski definition) is 7. The minimum atomic E-state index is -4.54. The van der Waals surface area contributed by atoms with Crippen molar-refractivity contribution in [1.82, 2.24) is 14.0 Å². The lowest BCUT2D eigenvalue weighted by atomic mass is 10.1. The summed E-state index contributed by atoms with van der Waals surface area (Å²) in [5.41, 5.74) is -0.737. The summed E-state index contributed by atoms with van der Waals surface area (Å²) in [6, 6.07) is 2.77. The number of β-amino-alcohol motifs (C(OH)–C–C–N with tert-alkyl or cyclic N) is 1. The molecule has 0 saturated carbocycles. The highest BCUT2D eigenvalue weighted by molar-refractivity contribution is 7.87. The van der Waals surface area contributed by atoms with Crippen LogP contribution in [0.15, 0.2) is 28.9 Å². The van der Waals surface area contributed by atoms with Gasteiger partial charge in [0.05, 0.1) is 11.7 Å². The quantitative estimate of drug-likeness (QED) is 0.655. The third-order valence-corrected chi connectivity index (χ3v) is 5.69. The van der Waals surface area contributed by atoms with Gasteiger partial charge >= 0.3 is 16.4 Å². The van der Waals surface area contributed by atoms with Crippen LogP contribution in [0.4, 0.5) is 24.9 Å². The van der Waals surface area contributed by atoms with Gasteiger partial charge in [-0.1, -0.05) is 6.07 Å². The number of aryl methyl sites for hydroxylation is 1. The molecule has 1 aliphatic rings. The van der Waals surface area contributed by atoms with Crippen molar-refractivity contribution in [3.05, 3.63) is 41.3 Å². The predicted octanol–water partition coefficient (Wildman–Crippen LogP) is 1.79. The van der Waals surface area contributed by atoms with Crippen molar-refractivity contribution >= 4 is 27.8 Å². The van der Waals surface area contributed by atoms with Crippen LogP contribution >= 0.6 is 0 Å². The first-order chi connectivity index (χ1) is 13.5. The smallest absolute Gasteiger partial charge is 0.416 e. The molecule has 1 atom stereocenters. The van der Waals surface area contributed by atoms with Gasteiger partial charge in [0, 0.05) is 18.8 Å². The summed E-state index contributed by atoms with van der Waals surface area (Å²) >= 11 is 0. The molecule has 1 aliphatic heterocycles. The number of nitrogens with one attached hydrogen (secondary N) is 2. The number of anilines is 2. The summed E-state index contributed by atoms with van der Waals surface area (Å²) in [7, 11) is -4.17. The molecule has 13 heteroatoms. The van der Waals surface area contributed by atoms with E-state index in [0.29, 0.717) is 5.56 Å². The number of alkyl halides is 3. The average Bonchev–Trinajstić information content (AvgIpc) is 3.25. The van der Waals surface area contributed by atoms with Crippen molar-refractivity contribution in [3.63, 3.8) is 0 Å². The van der Waals surface area contributed by atoms with Crippen molar-refractivity contribution in [2.75, 3.05) is 18.4 Å². The molecule has 0 radical (unpaired) electrons. The summed E-state index contributed by atoms with van der Waals surface area (Å²) in [6.45, 7) is 1.49. The monoisotopic (exact) mass is 434 g/mol. The first kappa shape index (κ1) is 21.1. The zero-order valence-corrected chi connectivity index (χ0v) is 15.8. The zero-order valence-electron chi connectivity index (χ0n) is 15.0. The molecule has 2 aromatic rings. The Labute approximate surface area is 163 Å². The third-order valence-electron chi connectivity index (χ3n) is 4.23. The minimum absolute atomic E-state index is 0.0597. The fourth-order valence-corrected chi connectivity index (χ4v) is 3.83. The maximum atomic E-state index is 12.9. The highest BCUT2D eigenvalue weighted by atomic mass is 32.2. The number of aliphatic hydroxyl groups excluding tert-OH is 1. The van der Waals surface area contributed by atoms with Gasteiger partial charge in [-0.05, 0) is 31.0 Å². The Morgan fingerprint density at radius 3 is 2.72 bits per heavy atom. The van der Waals surface area contributed by atoms with E-state index in [0.717, 1.165) is 22.7 Å². The number of benzene rings is 1. The SMILES string of the molecule is Cc1ccc(C(F)(F)F)cc1Nc1nc(C(=O)NS(=O)(=O)N2CCC(O)C2)co1. The largest absolute Gasteiger partial charge is 0.431 e. The second kappa shape index (κ2) is 7.65. The maximum Gasteiger partial charge on any atom is 0.416 e. The maximum absolute atomic E-state index is 12.9. The van der Waals surface area contributed by atoms with Gasteiger partial charge in [0.15, 0.2) is 5.69 Å². The Morgan fingerprint density at radius 2 is 2.10 bits per heavy atom. The van der Waals surface area contributed by atoms with E-state index in [1.54, 1.807) is 11.6 Å². The first-order valence-electron chi connectivity index (χ1n) is 8.36. The zero-order chi connectivity index (χ0) is 21.4. The van der Waals surface area contributed by atoms with Gasteiger partial charge < -0.3 is 14.8 Å². The van der Waals surface area contributed by atoms with Crippen molar-refractivity contribution in [2.45, 2.75) is 25.6 Å². The van der Waals surface area contributed by atoms with Crippen LogP contribution < -0.4 is 10.0 Å². The van der Waals surface area contributed by atoms with Crippen LogP contribution in [0.5, 0.6) is 0 Å². The molecule has 0 bridgehead atoms. The van der Waals surface area contributed by atoms with Gasteiger partial charge in [-0.25, -0.2) is 4.72 Å². The number of nitrogens with zero attached hydrogens (tertiary/aromatic N) is 2. The van der Waals surface area contributed by atoms with E-state index in [1.165, 1.54) is 6.07 Å². The van der Waals surface area contributed by atoms with Crippen LogP contribution in [0.25, 0.3) is 0 Å². The van der Waals surface area contributed by atoms with Gasteiger partial charge in [-0.3, -0.25) is 4.79 Å². The molecule has 29 heavy (non-hydrogen) atoms. The molecule has 2 heterocycles. The second-order valence-corrected chi connectivity index (χ2v) is 8.10. The molecule has 0 aliphatic carbocycles. The van der Waals surface area contributed by atoms with E-state index in [1.807, 2.05) is 0 Å². The molecule has 1 amide bonds. The fourth-order valence-electron chi connectivity index (χ4n) is 2.65. The Kier molecular flexibility index (Phi) is 5.56. The Balaban J connectivity index is 1.72. The number of hydrogen-bond donors (Lipinski definition) is 3. The summed E-state index contributed by atoms with van der Waals surface area (Å²) in [4.78, 5) is 15.9. The molecule has 3 rings (SSSR count). The van der Waals surface area contributed by atoms with Crippen molar-refractivity contribution in [2.24, 2.45) is 0 Å². The van der Waals surface area contributed by atoms with Gasteiger partial charge in [0.25, 0.3) is 11.9 Å². The standard InChI is InChI=1S/C16H17F3N4O5S/c1-9-2-3-10(16(17,18)19)6-12(9)20-15-21-13(8-28-15)14(25)22-29(26,27)23-5-4-11(24)7-23/h2-3,6,8,11,24H,4-5,7H2,1H3,(H,20,21)(H,22,25). The van der Waals surface area contributed by atoms with E-state index >= 15 is 0 Å². The Bertz CT molecular complexity index is 1020. The van der Waals surface area contributed by atoms with Crippen LogP contribution in [0.1, 0.15) is 28.0 Å². The number of aliphatic hydroxyl groups is 1. The molecule has 3 N–H and O–H groups in total. The lowest BCUT2D eigenvalue weighted by Crippen LogP contribution is -2.42. The number of carbonyl (C=O) groups is 1. The third kappa shape index (κ3) is 4.86. The van der Waals surface area contributed by atoms with Crippen LogP contribution in [-0.2, 0) is 16.4 Å². The van der Waals surface area contributed by atoms with Crippen LogP contribution in [0.2, 0.25) is 0 Å². The highest BCUT2D eigenvalue weighted by Gasteiger charge is 2.33. The van der Waals surface area contributed by atoms with E-state index < -0.39 is 34.0 Å². The van der Waals surface area contributed by atoms with Gasteiger partial charge in [-0.15, -0.1) is 0 Å². The molecule has 1 unspecified atom stereocenters. The Hall–Kier alpha value is -2.64. The summed E-state index contributed by atoms with van der Waals surface area (Å²) < 4.78 is 70.6. The Morgan fingerprint density at radius 1 is 1.38 bits per heavy atom. The molecule has 1 aromatic heterocycles. The van der Waals surface area contributed by atoms with Crippen molar-refractivity contribution in [1.29, 1.82) is 0 Å². The second-order valence-electron chi connectivity index (χ2n) is 6.43. The van der Waals surface area contributed by atoms with E-state index in [4.69, 9.17) is 4.42 Å². The van der Waals surface area contributed by atoms with Crippen molar-refractivity contribution < 1.29 is 35.9 Å². The lowest BCUT2D eigenvalue weighted by molar-refractivity contribution is -0.137. The molecular formula is C16H17F3N4O5S. The molecular weight excluding hydrogens is 417 g/mol.